The third kappa shape index (κ3) is 4.42. The van der Waals surface area contributed by atoms with Gasteiger partial charge in [-0.2, -0.15) is 0 Å². The van der Waals surface area contributed by atoms with E-state index < -0.39 is 5.91 Å². The molecule has 0 bridgehead atoms. The van der Waals surface area contributed by atoms with E-state index in [2.05, 4.69) is 15.6 Å². The summed E-state index contributed by atoms with van der Waals surface area (Å²) < 4.78 is 5.12. The van der Waals surface area contributed by atoms with Crippen molar-refractivity contribution >= 4 is 44.9 Å². The van der Waals surface area contributed by atoms with Gasteiger partial charge < -0.3 is 9.73 Å². The van der Waals surface area contributed by atoms with Crippen LogP contribution >= 0.6 is 22.9 Å². The van der Waals surface area contributed by atoms with E-state index in [1.54, 1.807) is 36.4 Å². The van der Waals surface area contributed by atoms with Crippen LogP contribution in [0, 0.1) is 6.92 Å². The first kappa shape index (κ1) is 19.9. The summed E-state index contributed by atoms with van der Waals surface area (Å²) in [6.07, 6.45) is 1.42. The average Bonchev–Trinajstić information content (AvgIpc) is 3.39. The zero-order valence-corrected chi connectivity index (χ0v) is 17.4. The van der Waals surface area contributed by atoms with Crippen molar-refractivity contribution in [2.24, 2.45) is 0 Å². The zero-order valence-electron chi connectivity index (χ0n) is 15.8. The lowest BCUT2D eigenvalue weighted by Gasteiger charge is -2.06. The van der Waals surface area contributed by atoms with Gasteiger partial charge in [-0.15, -0.1) is 0 Å². The number of carbonyl (C=O) groups excluding carboxylic acids is 2. The lowest BCUT2D eigenvalue weighted by molar-refractivity contribution is 0.0994. The second-order valence-electron chi connectivity index (χ2n) is 6.46. The Morgan fingerprint density at radius 3 is 2.37 bits per heavy atom. The monoisotopic (exact) mass is 437 g/mol. The molecule has 30 heavy (non-hydrogen) atoms. The van der Waals surface area contributed by atoms with E-state index in [0.717, 1.165) is 11.1 Å². The molecule has 2 aromatic carbocycles. The summed E-state index contributed by atoms with van der Waals surface area (Å²) in [6.45, 7) is 1.99. The minimum Gasteiger partial charge on any atom is -0.459 e. The van der Waals surface area contributed by atoms with Crippen molar-refractivity contribution < 1.29 is 14.0 Å². The highest BCUT2D eigenvalue weighted by Gasteiger charge is 2.19. The molecule has 2 amide bonds. The van der Waals surface area contributed by atoms with Crippen molar-refractivity contribution in [3.05, 3.63) is 88.8 Å². The van der Waals surface area contributed by atoms with Crippen LogP contribution in [0.15, 0.2) is 71.3 Å². The number of anilines is 2. The van der Waals surface area contributed by atoms with Crippen LogP contribution in [0.4, 0.5) is 10.1 Å². The fourth-order valence-electron chi connectivity index (χ4n) is 2.71. The molecule has 8 heteroatoms. The summed E-state index contributed by atoms with van der Waals surface area (Å²) in [7, 11) is 0. The normalized spacial score (nSPS) is 10.6. The van der Waals surface area contributed by atoms with Gasteiger partial charge in [0.2, 0.25) is 0 Å². The van der Waals surface area contributed by atoms with Crippen LogP contribution in [0.25, 0.3) is 11.3 Å². The Morgan fingerprint density at radius 1 is 0.967 bits per heavy atom. The van der Waals surface area contributed by atoms with Gasteiger partial charge in [0.25, 0.3) is 11.8 Å². The second-order valence-corrected chi connectivity index (χ2v) is 7.89. The average molecular weight is 438 g/mol. The summed E-state index contributed by atoms with van der Waals surface area (Å²) in [5, 5.41) is 7.02. The highest BCUT2D eigenvalue weighted by atomic mass is 35.5. The number of aromatic nitrogens is 1. The zero-order chi connectivity index (χ0) is 21.1. The number of thiazole rings is 1. The number of amides is 2. The van der Waals surface area contributed by atoms with Crippen LogP contribution in [-0.4, -0.2) is 16.8 Å². The number of aryl methyl sites for hydroxylation is 1. The third-order valence-corrected chi connectivity index (χ3v) is 5.39. The molecule has 4 aromatic rings. The van der Waals surface area contributed by atoms with Crippen molar-refractivity contribution in [3.63, 3.8) is 0 Å². The van der Waals surface area contributed by atoms with Crippen molar-refractivity contribution in [2.75, 3.05) is 10.6 Å². The Bertz CT molecular complexity index is 1180. The molecule has 4 rings (SSSR count). The van der Waals surface area contributed by atoms with Gasteiger partial charge in [0.15, 0.2) is 10.9 Å². The van der Waals surface area contributed by atoms with Crippen molar-refractivity contribution in [3.8, 4) is 11.3 Å². The number of furan rings is 1. The maximum absolute atomic E-state index is 12.7. The standard InChI is InChI=1S/C22H16ClN3O3S/c1-13-4-6-14(7-5-13)18-21(25-19(27)15-8-10-16(23)11-9-15)30-22(24-18)26-20(28)17-3-2-12-29-17/h2-12H,1H3,(H,25,27)(H,24,26,28). The predicted molar refractivity (Wildman–Crippen MR) is 118 cm³/mol. The van der Waals surface area contributed by atoms with Crippen molar-refractivity contribution in [1.82, 2.24) is 4.98 Å². The Balaban J connectivity index is 1.65. The molecule has 150 valence electrons. The fourth-order valence-corrected chi connectivity index (χ4v) is 3.71. The topological polar surface area (TPSA) is 84.2 Å². The van der Waals surface area contributed by atoms with E-state index in [0.29, 0.717) is 26.4 Å². The minimum absolute atomic E-state index is 0.175. The van der Waals surface area contributed by atoms with Crippen LogP contribution < -0.4 is 10.6 Å². The van der Waals surface area contributed by atoms with Gasteiger partial charge in [-0.3, -0.25) is 14.9 Å². The van der Waals surface area contributed by atoms with Gasteiger partial charge in [-0.05, 0) is 43.3 Å². The molecule has 0 aliphatic carbocycles. The van der Waals surface area contributed by atoms with Crippen molar-refractivity contribution in [1.29, 1.82) is 0 Å². The number of carbonyl (C=O) groups is 2. The summed E-state index contributed by atoms with van der Waals surface area (Å²) in [5.74, 6) is -0.541. The van der Waals surface area contributed by atoms with Crippen LogP contribution in [0.3, 0.4) is 0 Å². The number of hydrogen-bond donors (Lipinski definition) is 2. The predicted octanol–water partition coefficient (Wildman–Crippen LogP) is 5.87. The number of benzene rings is 2. The summed E-state index contributed by atoms with van der Waals surface area (Å²) in [6, 6.07) is 17.5. The van der Waals surface area contributed by atoms with E-state index in [4.69, 9.17) is 16.0 Å². The molecule has 2 heterocycles. The molecule has 0 unspecified atom stereocenters. The van der Waals surface area contributed by atoms with Crippen molar-refractivity contribution in [2.45, 2.75) is 6.92 Å². The molecule has 0 aliphatic rings. The molecule has 0 saturated carbocycles. The van der Waals surface area contributed by atoms with Gasteiger partial charge in [-0.25, -0.2) is 4.98 Å². The number of halogens is 1. The van der Waals surface area contributed by atoms with Crippen LogP contribution in [0.1, 0.15) is 26.5 Å². The maximum atomic E-state index is 12.7. The molecule has 0 aliphatic heterocycles. The molecule has 2 aromatic heterocycles. The summed E-state index contributed by atoms with van der Waals surface area (Å²) >= 11 is 7.07. The maximum Gasteiger partial charge on any atom is 0.293 e. The van der Waals surface area contributed by atoms with E-state index in [1.807, 2.05) is 31.2 Å². The molecule has 0 radical (unpaired) electrons. The minimum atomic E-state index is -0.417. The van der Waals surface area contributed by atoms with Gasteiger partial charge in [0.1, 0.15) is 10.7 Å². The van der Waals surface area contributed by atoms with Crippen LogP contribution in [-0.2, 0) is 0 Å². The van der Waals surface area contributed by atoms with Gasteiger partial charge >= 0.3 is 0 Å². The molecular formula is C22H16ClN3O3S. The Hall–Kier alpha value is -3.42. The van der Waals surface area contributed by atoms with E-state index in [-0.39, 0.29) is 11.7 Å². The molecular weight excluding hydrogens is 422 g/mol. The number of nitrogens with zero attached hydrogens (tertiary/aromatic N) is 1. The lowest BCUT2D eigenvalue weighted by Crippen LogP contribution is -2.11. The number of nitrogens with one attached hydrogen (secondary N) is 2. The molecule has 2 N–H and O–H groups in total. The van der Waals surface area contributed by atoms with Crippen LogP contribution in [0.2, 0.25) is 5.02 Å². The first-order valence-corrected chi connectivity index (χ1v) is 10.2. The highest BCUT2D eigenvalue weighted by Crippen LogP contribution is 2.36. The summed E-state index contributed by atoms with van der Waals surface area (Å²) in [5.41, 5.74) is 2.95. The van der Waals surface area contributed by atoms with Gasteiger partial charge in [-0.1, -0.05) is 52.8 Å². The lowest BCUT2D eigenvalue weighted by atomic mass is 10.1. The van der Waals surface area contributed by atoms with E-state index in [1.165, 1.54) is 17.6 Å². The molecule has 0 fully saturated rings. The smallest absolute Gasteiger partial charge is 0.293 e. The molecule has 6 nitrogen and oxygen atoms in total. The quantitative estimate of drug-likeness (QED) is 0.409. The fraction of sp³-hybridized carbons (Fsp3) is 0.0455. The Labute approximate surface area is 181 Å². The Kier molecular flexibility index (Phi) is 5.65. The first-order chi connectivity index (χ1) is 14.5. The van der Waals surface area contributed by atoms with E-state index in [9.17, 15) is 9.59 Å². The summed E-state index contributed by atoms with van der Waals surface area (Å²) in [4.78, 5) is 29.5. The number of hydrogen-bond acceptors (Lipinski definition) is 5. The van der Waals surface area contributed by atoms with E-state index >= 15 is 0 Å². The molecule has 0 saturated heterocycles. The first-order valence-electron chi connectivity index (χ1n) is 8.99. The van der Waals surface area contributed by atoms with Gasteiger partial charge in [0, 0.05) is 16.1 Å². The largest absolute Gasteiger partial charge is 0.459 e. The molecule has 0 spiro atoms. The SMILES string of the molecule is Cc1ccc(-c2nc(NC(=O)c3ccco3)sc2NC(=O)c2ccc(Cl)cc2)cc1. The van der Waals surface area contributed by atoms with Crippen LogP contribution in [0.5, 0.6) is 0 Å². The molecule has 0 atom stereocenters. The second kappa shape index (κ2) is 8.52. The van der Waals surface area contributed by atoms with Gasteiger partial charge in [0.05, 0.1) is 6.26 Å². The Morgan fingerprint density at radius 2 is 1.70 bits per heavy atom. The highest BCUT2D eigenvalue weighted by molar-refractivity contribution is 7.20. The number of rotatable bonds is 5. The third-order valence-electron chi connectivity index (χ3n) is 4.25.